The molecular formula is C10H21NO4. The van der Waals surface area contributed by atoms with E-state index in [-0.39, 0.29) is 12.7 Å². The van der Waals surface area contributed by atoms with Crippen molar-refractivity contribution in [2.24, 2.45) is 0 Å². The lowest BCUT2D eigenvalue weighted by Crippen LogP contribution is -2.40. The molecule has 1 aliphatic heterocycles. The molecule has 0 aromatic heterocycles. The molecule has 1 heterocycles. The van der Waals surface area contributed by atoms with Crippen LogP contribution in [0.25, 0.3) is 0 Å². The van der Waals surface area contributed by atoms with Gasteiger partial charge >= 0.3 is 0 Å². The van der Waals surface area contributed by atoms with Crippen LogP contribution in [-0.4, -0.2) is 69.5 Å². The molecule has 1 atom stereocenters. The Bertz CT molecular complexity index is 150. The van der Waals surface area contributed by atoms with E-state index in [1.54, 1.807) is 7.11 Å². The SMILES string of the molecule is COCCN(CCO)CC1CCOCO1. The van der Waals surface area contributed by atoms with E-state index in [0.29, 0.717) is 19.9 Å². The molecule has 0 amide bonds. The molecule has 1 fully saturated rings. The highest BCUT2D eigenvalue weighted by Crippen LogP contribution is 2.07. The van der Waals surface area contributed by atoms with E-state index in [0.717, 1.165) is 26.1 Å². The quantitative estimate of drug-likeness (QED) is 0.636. The van der Waals surface area contributed by atoms with Gasteiger partial charge in [-0.15, -0.1) is 0 Å². The molecule has 1 N–H and O–H groups in total. The van der Waals surface area contributed by atoms with Crippen LogP contribution < -0.4 is 0 Å². The second-order valence-corrected chi connectivity index (χ2v) is 3.62. The summed E-state index contributed by atoms with van der Waals surface area (Å²) >= 11 is 0. The molecule has 1 aliphatic rings. The maximum Gasteiger partial charge on any atom is 0.147 e. The zero-order valence-electron chi connectivity index (χ0n) is 9.35. The van der Waals surface area contributed by atoms with E-state index >= 15 is 0 Å². The van der Waals surface area contributed by atoms with Crippen LogP contribution in [0.3, 0.4) is 0 Å². The fraction of sp³-hybridized carbons (Fsp3) is 1.00. The molecule has 5 heteroatoms. The molecule has 0 aliphatic carbocycles. The minimum absolute atomic E-state index is 0.174. The lowest BCUT2D eigenvalue weighted by Gasteiger charge is -2.29. The normalized spacial score (nSPS) is 22.2. The van der Waals surface area contributed by atoms with E-state index in [1.807, 2.05) is 0 Å². The summed E-state index contributed by atoms with van der Waals surface area (Å²) in [6.45, 7) is 4.36. The molecule has 5 nitrogen and oxygen atoms in total. The maximum absolute atomic E-state index is 8.92. The van der Waals surface area contributed by atoms with Gasteiger partial charge in [0.15, 0.2) is 0 Å². The molecule has 90 valence electrons. The number of nitrogens with zero attached hydrogens (tertiary/aromatic N) is 1. The van der Waals surface area contributed by atoms with Crippen molar-refractivity contribution >= 4 is 0 Å². The Morgan fingerprint density at radius 3 is 2.93 bits per heavy atom. The van der Waals surface area contributed by atoms with Gasteiger partial charge < -0.3 is 19.3 Å². The van der Waals surface area contributed by atoms with Gasteiger partial charge in [-0.05, 0) is 6.42 Å². The third-order valence-corrected chi connectivity index (χ3v) is 2.46. The predicted octanol–water partition coefficient (Wildman–Crippen LogP) is -0.310. The van der Waals surface area contributed by atoms with Crippen molar-refractivity contribution in [1.82, 2.24) is 4.90 Å². The van der Waals surface area contributed by atoms with Gasteiger partial charge in [-0.25, -0.2) is 0 Å². The highest BCUT2D eigenvalue weighted by Gasteiger charge is 2.17. The van der Waals surface area contributed by atoms with Gasteiger partial charge in [-0.3, -0.25) is 4.90 Å². The van der Waals surface area contributed by atoms with Crippen molar-refractivity contribution in [2.45, 2.75) is 12.5 Å². The molecule has 0 aromatic rings. The standard InChI is InChI=1S/C10H21NO4/c1-13-7-4-11(3-5-12)8-10-2-6-14-9-15-10/h10,12H,2-9H2,1H3. The third-order valence-electron chi connectivity index (χ3n) is 2.46. The summed E-state index contributed by atoms with van der Waals surface area (Å²) < 4.78 is 15.6. The summed E-state index contributed by atoms with van der Waals surface area (Å²) in [7, 11) is 1.68. The van der Waals surface area contributed by atoms with Gasteiger partial charge in [0.25, 0.3) is 0 Å². The summed E-state index contributed by atoms with van der Waals surface area (Å²) in [6.07, 6.45) is 1.15. The van der Waals surface area contributed by atoms with Crippen LogP contribution in [0.15, 0.2) is 0 Å². The summed E-state index contributed by atoms with van der Waals surface area (Å²) in [4.78, 5) is 2.15. The summed E-state index contributed by atoms with van der Waals surface area (Å²) in [5.41, 5.74) is 0. The molecule has 0 saturated carbocycles. The topological polar surface area (TPSA) is 51.2 Å². The number of hydrogen-bond donors (Lipinski definition) is 1. The number of aliphatic hydroxyl groups excluding tert-OH is 1. The minimum atomic E-state index is 0.174. The first kappa shape index (κ1) is 12.9. The number of rotatable bonds is 7. The number of methoxy groups -OCH3 is 1. The van der Waals surface area contributed by atoms with Gasteiger partial charge in [-0.1, -0.05) is 0 Å². The zero-order valence-corrected chi connectivity index (χ0v) is 9.35. The van der Waals surface area contributed by atoms with Crippen LogP contribution in [-0.2, 0) is 14.2 Å². The Balaban J connectivity index is 2.21. The van der Waals surface area contributed by atoms with E-state index in [4.69, 9.17) is 19.3 Å². The second-order valence-electron chi connectivity index (χ2n) is 3.62. The fourth-order valence-electron chi connectivity index (χ4n) is 1.59. The molecule has 0 radical (unpaired) electrons. The van der Waals surface area contributed by atoms with Gasteiger partial charge in [0.1, 0.15) is 6.79 Å². The van der Waals surface area contributed by atoms with Crippen molar-refractivity contribution in [1.29, 1.82) is 0 Å². The van der Waals surface area contributed by atoms with Crippen molar-refractivity contribution in [2.75, 3.05) is 53.4 Å². The van der Waals surface area contributed by atoms with E-state index in [2.05, 4.69) is 4.90 Å². The molecule has 1 saturated heterocycles. The number of ether oxygens (including phenoxy) is 3. The van der Waals surface area contributed by atoms with Crippen LogP contribution in [0.1, 0.15) is 6.42 Å². The molecule has 1 rings (SSSR count). The average Bonchev–Trinajstić information content (AvgIpc) is 2.28. The number of aliphatic hydroxyl groups is 1. The second kappa shape index (κ2) is 8.01. The Hall–Kier alpha value is -0.200. The first-order valence-electron chi connectivity index (χ1n) is 5.38. The smallest absolute Gasteiger partial charge is 0.147 e. The van der Waals surface area contributed by atoms with Crippen LogP contribution >= 0.6 is 0 Å². The Morgan fingerprint density at radius 2 is 2.33 bits per heavy atom. The lowest BCUT2D eigenvalue weighted by molar-refractivity contribution is -0.145. The monoisotopic (exact) mass is 219 g/mol. The van der Waals surface area contributed by atoms with Crippen molar-refractivity contribution in [3.05, 3.63) is 0 Å². The first-order valence-corrected chi connectivity index (χ1v) is 5.38. The Kier molecular flexibility index (Phi) is 6.87. The first-order chi connectivity index (χ1) is 7.36. The van der Waals surface area contributed by atoms with Gasteiger partial charge in [0.05, 0.1) is 25.9 Å². The molecular weight excluding hydrogens is 198 g/mol. The van der Waals surface area contributed by atoms with Crippen LogP contribution in [0.5, 0.6) is 0 Å². The van der Waals surface area contributed by atoms with Crippen molar-refractivity contribution in [3.8, 4) is 0 Å². The van der Waals surface area contributed by atoms with Crippen LogP contribution in [0.4, 0.5) is 0 Å². The van der Waals surface area contributed by atoms with Crippen LogP contribution in [0.2, 0.25) is 0 Å². The highest BCUT2D eigenvalue weighted by atomic mass is 16.7. The third kappa shape index (κ3) is 5.44. The van der Waals surface area contributed by atoms with Gasteiger partial charge in [-0.2, -0.15) is 0 Å². The minimum Gasteiger partial charge on any atom is -0.395 e. The summed E-state index contributed by atoms with van der Waals surface area (Å²) in [5.74, 6) is 0. The molecule has 1 unspecified atom stereocenters. The Labute approximate surface area is 90.9 Å². The average molecular weight is 219 g/mol. The van der Waals surface area contributed by atoms with Gasteiger partial charge in [0, 0.05) is 26.7 Å². The van der Waals surface area contributed by atoms with Crippen molar-refractivity contribution in [3.63, 3.8) is 0 Å². The number of hydrogen-bond acceptors (Lipinski definition) is 5. The zero-order chi connectivity index (χ0) is 10.9. The summed E-state index contributed by atoms with van der Waals surface area (Å²) in [5, 5.41) is 8.92. The maximum atomic E-state index is 8.92. The molecule has 0 spiro atoms. The van der Waals surface area contributed by atoms with E-state index < -0.39 is 0 Å². The van der Waals surface area contributed by atoms with Crippen molar-refractivity contribution < 1.29 is 19.3 Å². The molecule has 0 bridgehead atoms. The molecule has 0 aromatic carbocycles. The fourth-order valence-corrected chi connectivity index (χ4v) is 1.59. The largest absolute Gasteiger partial charge is 0.395 e. The molecule has 15 heavy (non-hydrogen) atoms. The summed E-state index contributed by atoms with van der Waals surface area (Å²) in [6, 6.07) is 0. The van der Waals surface area contributed by atoms with Crippen LogP contribution in [0, 0.1) is 0 Å². The highest BCUT2D eigenvalue weighted by molar-refractivity contribution is 4.67. The lowest BCUT2D eigenvalue weighted by atomic mass is 10.2. The van der Waals surface area contributed by atoms with E-state index in [1.165, 1.54) is 0 Å². The predicted molar refractivity (Wildman–Crippen MR) is 55.7 cm³/mol. The Morgan fingerprint density at radius 1 is 1.47 bits per heavy atom. The van der Waals surface area contributed by atoms with E-state index in [9.17, 15) is 0 Å². The van der Waals surface area contributed by atoms with Gasteiger partial charge in [0.2, 0.25) is 0 Å².